The third-order valence-electron chi connectivity index (χ3n) is 4.19. The molecule has 0 radical (unpaired) electrons. The highest BCUT2D eigenvalue weighted by molar-refractivity contribution is 7.18. The quantitative estimate of drug-likeness (QED) is 0.376. The zero-order valence-corrected chi connectivity index (χ0v) is 16.0. The molecule has 0 saturated carbocycles. The maximum absolute atomic E-state index is 9.66. The number of thiophene rings is 1. The van der Waals surface area contributed by atoms with E-state index in [9.17, 15) is 5.11 Å². The number of fused-ring (bicyclic) bond motifs is 1. The molecule has 0 aliphatic rings. The first-order chi connectivity index (χ1) is 13.7. The molecule has 0 unspecified atom stereocenters. The number of aromatic nitrogens is 2. The number of hydrogen-bond acceptors (Lipinski definition) is 7. The number of aromatic hydroxyl groups is 1. The second-order valence-corrected chi connectivity index (χ2v) is 7.23. The fourth-order valence-corrected chi connectivity index (χ4v) is 3.85. The Morgan fingerprint density at radius 3 is 2.82 bits per heavy atom. The topological polar surface area (TPSA) is 79.6 Å². The number of ether oxygens (including phenoxy) is 1. The Balaban J connectivity index is 1.54. The van der Waals surface area contributed by atoms with Crippen molar-refractivity contribution < 1.29 is 9.84 Å². The van der Waals surface area contributed by atoms with Crippen LogP contribution in [0.4, 0.5) is 5.82 Å². The number of nitrogens with one attached hydrogen (secondary N) is 1. The highest BCUT2D eigenvalue weighted by Gasteiger charge is 2.09. The van der Waals surface area contributed by atoms with E-state index in [1.807, 2.05) is 18.2 Å². The molecule has 2 aromatic heterocycles. The number of benzene rings is 2. The summed E-state index contributed by atoms with van der Waals surface area (Å²) in [7, 11) is 1.51. The molecular weight excluding hydrogens is 372 g/mol. The Kier molecular flexibility index (Phi) is 5.16. The first-order valence-electron chi connectivity index (χ1n) is 8.66. The summed E-state index contributed by atoms with van der Waals surface area (Å²) in [5.74, 6) is 1.15. The van der Waals surface area contributed by atoms with Crippen LogP contribution in [0.15, 0.2) is 66.0 Å². The Hall–Kier alpha value is -3.45. The SMILES string of the molecule is COc1cc(/C=N/Nc2ncnc3sc(Cc4ccccc4)cc23)ccc1O. The monoisotopic (exact) mass is 390 g/mol. The van der Waals surface area contributed by atoms with Gasteiger partial charge in [0.2, 0.25) is 0 Å². The molecular formula is C21H18N4O2S. The summed E-state index contributed by atoms with van der Waals surface area (Å²) in [5.41, 5.74) is 5.04. The molecule has 28 heavy (non-hydrogen) atoms. The third-order valence-corrected chi connectivity index (χ3v) is 5.23. The summed E-state index contributed by atoms with van der Waals surface area (Å²) in [5, 5.41) is 14.9. The van der Waals surface area contributed by atoms with Crippen molar-refractivity contribution in [3.05, 3.63) is 76.9 Å². The first kappa shape index (κ1) is 17.9. The van der Waals surface area contributed by atoms with Gasteiger partial charge in [0, 0.05) is 11.3 Å². The minimum Gasteiger partial charge on any atom is -0.504 e. The van der Waals surface area contributed by atoms with E-state index in [2.05, 4.69) is 38.7 Å². The van der Waals surface area contributed by atoms with Crippen molar-refractivity contribution in [1.29, 1.82) is 0 Å². The van der Waals surface area contributed by atoms with E-state index in [0.717, 1.165) is 22.2 Å². The number of hydrazone groups is 1. The number of hydrogen-bond donors (Lipinski definition) is 2. The first-order valence-corrected chi connectivity index (χ1v) is 9.48. The maximum atomic E-state index is 9.66. The van der Waals surface area contributed by atoms with E-state index in [0.29, 0.717) is 11.6 Å². The standard InChI is InChI=1S/C21H18N4O2S/c1-27-19-10-15(7-8-18(19)26)12-24-25-20-17-11-16(28-21(17)23-13-22-20)9-14-5-3-2-4-6-14/h2-8,10-13,26H,9H2,1H3,(H,22,23,25)/b24-12+. The van der Waals surface area contributed by atoms with Crippen LogP contribution in [0.3, 0.4) is 0 Å². The van der Waals surface area contributed by atoms with Gasteiger partial charge in [-0.05, 0) is 35.4 Å². The van der Waals surface area contributed by atoms with Gasteiger partial charge in [0.25, 0.3) is 0 Å². The Bertz CT molecular complexity index is 1130. The summed E-state index contributed by atoms with van der Waals surface area (Å²) in [6.45, 7) is 0. The summed E-state index contributed by atoms with van der Waals surface area (Å²) in [4.78, 5) is 10.8. The van der Waals surface area contributed by atoms with Gasteiger partial charge >= 0.3 is 0 Å². The van der Waals surface area contributed by atoms with Gasteiger partial charge in [0.05, 0.1) is 18.7 Å². The number of nitrogens with zero attached hydrogens (tertiary/aromatic N) is 3. The third kappa shape index (κ3) is 3.94. The van der Waals surface area contributed by atoms with Crippen LogP contribution in [0, 0.1) is 0 Å². The molecule has 0 saturated heterocycles. The van der Waals surface area contributed by atoms with Crippen LogP contribution in [-0.4, -0.2) is 28.4 Å². The van der Waals surface area contributed by atoms with Gasteiger partial charge in [-0.2, -0.15) is 5.10 Å². The molecule has 0 aliphatic heterocycles. The summed E-state index contributed by atoms with van der Waals surface area (Å²) in [6, 6.07) is 17.5. The molecule has 0 aliphatic carbocycles. The molecule has 2 aromatic carbocycles. The lowest BCUT2D eigenvalue weighted by Crippen LogP contribution is -1.95. The summed E-state index contributed by atoms with van der Waals surface area (Å²) < 4.78 is 5.11. The second-order valence-electron chi connectivity index (χ2n) is 6.12. The fraction of sp³-hybridized carbons (Fsp3) is 0.0952. The van der Waals surface area contributed by atoms with Crippen LogP contribution in [0.5, 0.6) is 11.5 Å². The molecule has 2 heterocycles. The zero-order chi connectivity index (χ0) is 19.3. The number of rotatable bonds is 6. The minimum absolute atomic E-state index is 0.0920. The van der Waals surface area contributed by atoms with Crippen molar-refractivity contribution >= 4 is 33.6 Å². The van der Waals surface area contributed by atoms with Crippen molar-refractivity contribution in [3.8, 4) is 11.5 Å². The molecule has 7 heteroatoms. The van der Waals surface area contributed by atoms with Crippen LogP contribution in [0.1, 0.15) is 16.0 Å². The Morgan fingerprint density at radius 2 is 2.00 bits per heavy atom. The molecule has 0 amide bonds. The van der Waals surface area contributed by atoms with E-state index < -0.39 is 0 Å². The van der Waals surface area contributed by atoms with Crippen molar-refractivity contribution in [3.63, 3.8) is 0 Å². The van der Waals surface area contributed by atoms with Gasteiger partial charge in [0.15, 0.2) is 17.3 Å². The lowest BCUT2D eigenvalue weighted by molar-refractivity contribution is 0.373. The van der Waals surface area contributed by atoms with Gasteiger partial charge < -0.3 is 9.84 Å². The van der Waals surface area contributed by atoms with Crippen molar-refractivity contribution in [2.24, 2.45) is 5.10 Å². The molecule has 6 nitrogen and oxygen atoms in total. The predicted molar refractivity (Wildman–Crippen MR) is 113 cm³/mol. The fourth-order valence-electron chi connectivity index (χ4n) is 2.82. The van der Waals surface area contributed by atoms with Crippen molar-refractivity contribution in [1.82, 2.24) is 9.97 Å². The van der Waals surface area contributed by atoms with E-state index in [-0.39, 0.29) is 5.75 Å². The Labute approximate surface area is 166 Å². The minimum atomic E-state index is 0.0920. The van der Waals surface area contributed by atoms with E-state index in [4.69, 9.17) is 4.74 Å². The molecule has 0 spiro atoms. The van der Waals surface area contributed by atoms with E-state index >= 15 is 0 Å². The van der Waals surface area contributed by atoms with Gasteiger partial charge in [-0.25, -0.2) is 9.97 Å². The van der Waals surface area contributed by atoms with Crippen LogP contribution >= 0.6 is 11.3 Å². The van der Waals surface area contributed by atoms with Crippen LogP contribution in [-0.2, 0) is 6.42 Å². The molecule has 2 N–H and O–H groups in total. The molecule has 0 atom stereocenters. The van der Waals surface area contributed by atoms with Crippen molar-refractivity contribution in [2.45, 2.75) is 6.42 Å². The molecule has 4 aromatic rings. The number of phenolic OH excluding ortho intramolecular Hbond substituents is 1. The van der Waals surface area contributed by atoms with E-state index in [1.165, 1.54) is 23.9 Å². The lowest BCUT2D eigenvalue weighted by atomic mass is 10.1. The largest absolute Gasteiger partial charge is 0.504 e. The highest BCUT2D eigenvalue weighted by atomic mass is 32.1. The van der Waals surface area contributed by atoms with Gasteiger partial charge in [0.1, 0.15) is 11.2 Å². The summed E-state index contributed by atoms with van der Waals surface area (Å²) in [6.07, 6.45) is 4.04. The second kappa shape index (κ2) is 8.06. The average Bonchev–Trinajstić information content (AvgIpc) is 3.13. The van der Waals surface area contributed by atoms with Crippen molar-refractivity contribution in [2.75, 3.05) is 12.5 Å². The number of phenols is 1. The normalized spacial score (nSPS) is 11.2. The van der Waals surface area contributed by atoms with Crippen LogP contribution in [0.25, 0.3) is 10.2 Å². The predicted octanol–water partition coefficient (Wildman–Crippen LogP) is 4.44. The maximum Gasteiger partial charge on any atom is 0.161 e. The number of anilines is 1. The van der Waals surface area contributed by atoms with Gasteiger partial charge in [-0.3, -0.25) is 5.43 Å². The lowest BCUT2D eigenvalue weighted by Gasteiger charge is -2.03. The van der Waals surface area contributed by atoms with Crippen LogP contribution in [0.2, 0.25) is 0 Å². The number of methoxy groups -OCH3 is 1. The Morgan fingerprint density at radius 1 is 1.14 bits per heavy atom. The van der Waals surface area contributed by atoms with E-state index in [1.54, 1.807) is 35.8 Å². The molecule has 0 fully saturated rings. The average molecular weight is 390 g/mol. The highest BCUT2D eigenvalue weighted by Crippen LogP contribution is 2.30. The zero-order valence-electron chi connectivity index (χ0n) is 15.2. The van der Waals surface area contributed by atoms with Gasteiger partial charge in [-0.15, -0.1) is 11.3 Å². The summed E-state index contributed by atoms with van der Waals surface area (Å²) >= 11 is 1.66. The smallest absolute Gasteiger partial charge is 0.161 e. The molecule has 4 rings (SSSR count). The van der Waals surface area contributed by atoms with Gasteiger partial charge in [-0.1, -0.05) is 30.3 Å². The molecule has 140 valence electrons. The molecule has 0 bridgehead atoms. The van der Waals surface area contributed by atoms with Crippen LogP contribution < -0.4 is 10.2 Å².